The first-order chi connectivity index (χ1) is 11.2. The minimum Gasteiger partial charge on any atom is -0.379 e. The lowest BCUT2D eigenvalue weighted by molar-refractivity contribution is -0.304. The molecule has 2 fully saturated rings. The molecular formula is C18H24O5. The van der Waals surface area contributed by atoms with Crippen molar-refractivity contribution >= 4 is 5.78 Å². The molecule has 1 aromatic rings. The molecule has 0 unspecified atom stereocenters. The maximum absolute atomic E-state index is 12.1. The van der Waals surface area contributed by atoms with E-state index in [9.17, 15) is 4.79 Å². The predicted octanol–water partition coefficient (Wildman–Crippen LogP) is 2.47. The fourth-order valence-corrected chi connectivity index (χ4v) is 3.19. The SMILES string of the molecule is CO[C@@H]1CC[C@@]2(CC(=O)C[C@H](COCc3ccccc3)O2)OC1. The van der Waals surface area contributed by atoms with Gasteiger partial charge in [0.1, 0.15) is 5.78 Å². The summed E-state index contributed by atoms with van der Waals surface area (Å²) >= 11 is 0. The second-order valence-corrected chi connectivity index (χ2v) is 6.28. The van der Waals surface area contributed by atoms with Crippen molar-refractivity contribution in [3.63, 3.8) is 0 Å². The number of ketones is 1. The van der Waals surface area contributed by atoms with Gasteiger partial charge in [-0.2, -0.15) is 0 Å². The summed E-state index contributed by atoms with van der Waals surface area (Å²) in [7, 11) is 1.68. The van der Waals surface area contributed by atoms with E-state index < -0.39 is 5.79 Å². The molecule has 3 atom stereocenters. The molecule has 5 nitrogen and oxygen atoms in total. The molecule has 1 spiro atoms. The Balaban J connectivity index is 1.51. The van der Waals surface area contributed by atoms with E-state index in [1.54, 1.807) is 7.11 Å². The summed E-state index contributed by atoms with van der Waals surface area (Å²) in [5, 5.41) is 0. The Hall–Kier alpha value is -1.27. The summed E-state index contributed by atoms with van der Waals surface area (Å²) in [6.07, 6.45) is 2.12. The molecule has 0 bridgehead atoms. The van der Waals surface area contributed by atoms with Crippen LogP contribution in [0.25, 0.3) is 0 Å². The van der Waals surface area contributed by atoms with Gasteiger partial charge >= 0.3 is 0 Å². The molecule has 0 aromatic heterocycles. The molecule has 0 radical (unpaired) electrons. The van der Waals surface area contributed by atoms with Crippen LogP contribution in [0.2, 0.25) is 0 Å². The number of hydrogen-bond donors (Lipinski definition) is 0. The van der Waals surface area contributed by atoms with Crippen LogP contribution in [0.3, 0.4) is 0 Å². The van der Waals surface area contributed by atoms with Gasteiger partial charge in [-0.15, -0.1) is 0 Å². The Kier molecular flexibility index (Phi) is 5.43. The van der Waals surface area contributed by atoms with Crippen LogP contribution < -0.4 is 0 Å². The minimum absolute atomic E-state index is 0.0917. The fourth-order valence-electron chi connectivity index (χ4n) is 3.19. The van der Waals surface area contributed by atoms with Crippen LogP contribution in [-0.2, 0) is 30.3 Å². The fraction of sp³-hybridized carbons (Fsp3) is 0.611. The van der Waals surface area contributed by atoms with Crippen molar-refractivity contribution < 1.29 is 23.7 Å². The summed E-state index contributed by atoms with van der Waals surface area (Å²) in [6, 6.07) is 9.98. The smallest absolute Gasteiger partial charge is 0.175 e. The molecule has 3 rings (SSSR count). The highest BCUT2D eigenvalue weighted by molar-refractivity contribution is 5.80. The van der Waals surface area contributed by atoms with Crippen LogP contribution in [0.15, 0.2) is 30.3 Å². The second-order valence-electron chi connectivity index (χ2n) is 6.28. The lowest BCUT2D eigenvalue weighted by Gasteiger charge is -2.44. The van der Waals surface area contributed by atoms with Gasteiger partial charge in [0.25, 0.3) is 0 Å². The monoisotopic (exact) mass is 320 g/mol. The maximum atomic E-state index is 12.1. The molecule has 23 heavy (non-hydrogen) atoms. The summed E-state index contributed by atoms with van der Waals surface area (Å²) in [6.45, 7) is 1.40. The van der Waals surface area contributed by atoms with Crippen LogP contribution in [0.5, 0.6) is 0 Å². The molecule has 1 aromatic carbocycles. The zero-order chi connectivity index (χ0) is 16.1. The van der Waals surface area contributed by atoms with Gasteiger partial charge in [0.2, 0.25) is 0 Å². The molecule has 0 amide bonds. The molecule has 2 aliphatic rings. The van der Waals surface area contributed by atoms with Crippen molar-refractivity contribution in [3.05, 3.63) is 35.9 Å². The molecule has 0 saturated carbocycles. The van der Waals surface area contributed by atoms with Crippen molar-refractivity contribution in [3.8, 4) is 0 Å². The van der Waals surface area contributed by atoms with E-state index in [4.69, 9.17) is 18.9 Å². The molecule has 2 aliphatic heterocycles. The third kappa shape index (κ3) is 4.38. The molecule has 2 heterocycles. The number of rotatable bonds is 5. The summed E-state index contributed by atoms with van der Waals surface area (Å²) in [4.78, 5) is 12.1. The Bertz CT molecular complexity index is 507. The first-order valence-electron chi connectivity index (χ1n) is 8.17. The van der Waals surface area contributed by atoms with Crippen LogP contribution >= 0.6 is 0 Å². The average molecular weight is 320 g/mol. The zero-order valence-corrected chi connectivity index (χ0v) is 13.5. The number of Topliss-reactive ketones (excluding diaryl/α,β-unsaturated/α-hetero) is 1. The van der Waals surface area contributed by atoms with Gasteiger partial charge in [-0.3, -0.25) is 4.79 Å². The van der Waals surface area contributed by atoms with E-state index in [1.165, 1.54) is 0 Å². The highest BCUT2D eigenvalue weighted by Gasteiger charge is 2.45. The predicted molar refractivity (Wildman–Crippen MR) is 83.9 cm³/mol. The molecule has 2 saturated heterocycles. The van der Waals surface area contributed by atoms with Crippen molar-refractivity contribution in [1.29, 1.82) is 0 Å². The van der Waals surface area contributed by atoms with E-state index in [1.807, 2.05) is 30.3 Å². The minimum atomic E-state index is -0.773. The molecule has 0 aliphatic carbocycles. The molecule has 0 N–H and O–H groups in total. The maximum Gasteiger partial charge on any atom is 0.175 e. The van der Waals surface area contributed by atoms with Gasteiger partial charge in [-0.05, 0) is 12.0 Å². The summed E-state index contributed by atoms with van der Waals surface area (Å²) in [5.74, 6) is -0.592. The van der Waals surface area contributed by atoms with E-state index in [2.05, 4.69) is 0 Å². The summed E-state index contributed by atoms with van der Waals surface area (Å²) in [5.41, 5.74) is 1.11. The topological polar surface area (TPSA) is 54.0 Å². The van der Waals surface area contributed by atoms with E-state index in [-0.39, 0.29) is 18.0 Å². The molecule has 126 valence electrons. The number of methoxy groups -OCH3 is 1. The van der Waals surface area contributed by atoms with Crippen LogP contribution in [0.1, 0.15) is 31.2 Å². The van der Waals surface area contributed by atoms with Crippen molar-refractivity contribution in [2.75, 3.05) is 20.3 Å². The van der Waals surface area contributed by atoms with Gasteiger partial charge in [0, 0.05) is 20.0 Å². The van der Waals surface area contributed by atoms with Crippen LogP contribution in [0, 0.1) is 0 Å². The second kappa shape index (κ2) is 7.53. The summed E-state index contributed by atoms with van der Waals surface area (Å²) < 4.78 is 23.0. The average Bonchev–Trinajstić information content (AvgIpc) is 2.56. The van der Waals surface area contributed by atoms with Crippen LogP contribution in [-0.4, -0.2) is 44.1 Å². The number of ether oxygens (including phenoxy) is 4. The van der Waals surface area contributed by atoms with Gasteiger partial charge < -0.3 is 18.9 Å². The van der Waals surface area contributed by atoms with Crippen molar-refractivity contribution in [2.45, 2.75) is 50.3 Å². The van der Waals surface area contributed by atoms with Crippen molar-refractivity contribution in [1.82, 2.24) is 0 Å². The Morgan fingerprint density at radius 2 is 2.13 bits per heavy atom. The first kappa shape index (κ1) is 16.6. The normalized spacial score (nSPS) is 31.4. The van der Waals surface area contributed by atoms with E-state index in [0.717, 1.165) is 12.0 Å². The highest BCUT2D eigenvalue weighted by Crippen LogP contribution is 2.36. The Labute approximate surface area is 136 Å². The number of carbonyl (C=O) groups is 1. The standard InChI is InChI=1S/C18H24O5/c1-20-16-7-8-18(22-13-16)10-15(19)9-17(23-18)12-21-11-14-5-3-2-4-6-14/h2-6,16-17H,7-13H2,1H3/t16-,17-,18-/m1/s1. The van der Waals surface area contributed by atoms with Gasteiger partial charge in [0.15, 0.2) is 5.79 Å². The lowest BCUT2D eigenvalue weighted by Crippen LogP contribution is -2.51. The Morgan fingerprint density at radius 3 is 2.83 bits per heavy atom. The highest BCUT2D eigenvalue weighted by atomic mass is 16.7. The number of hydrogen-bond acceptors (Lipinski definition) is 5. The third-order valence-electron chi connectivity index (χ3n) is 4.43. The van der Waals surface area contributed by atoms with Crippen molar-refractivity contribution in [2.24, 2.45) is 0 Å². The van der Waals surface area contributed by atoms with Gasteiger partial charge in [-0.1, -0.05) is 30.3 Å². The zero-order valence-electron chi connectivity index (χ0n) is 13.5. The van der Waals surface area contributed by atoms with Gasteiger partial charge in [-0.25, -0.2) is 0 Å². The largest absolute Gasteiger partial charge is 0.379 e. The van der Waals surface area contributed by atoms with Crippen LogP contribution in [0.4, 0.5) is 0 Å². The van der Waals surface area contributed by atoms with E-state index >= 15 is 0 Å². The number of carbonyl (C=O) groups excluding carboxylic acids is 1. The quantitative estimate of drug-likeness (QED) is 0.834. The molecular weight excluding hydrogens is 296 g/mol. The van der Waals surface area contributed by atoms with Gasteiger partial charge in [0.05, 0.1) is 38.4 Å². The lowest BCUT2D eigenvalue weighted by atomic mass is 9.93. The third-order valence-corrected chi connectivity index (χ3v) is 4.43. The first-order valence-corrected chi connectivity index (χ1v) is 8.17. The Morgan fingerprint density at radius 1 is 1.30 bits per heavy atom. The number of benzene rings is 1. The van der Waals surface area contributed by atoms with E-state index in [0.29, 0.717) is 39.1 Å². The molecule has 5 heteroatoms.